The van der Waals surface area contributed by atoms with Crippen molar-refractivity contribution in [2.24, 2.45) is 11.7 Å². The van der Waals surface area contributed by atoms with Gasteiger partial charge in [0.1, 0.15) is 0 Å². The minimum atomic E-state index is -0.182. The van der Waals surface area contributed by atoms with E-state index in [1.807, 2.05) is 0 Å². The van der Waals surface area contributed by atoms with Crippen molar-refractivity contribution in [1.29, 1.82) is 0 Å². The summed E-state index contributed by atoms with van der Waals surface area (Å²) in [6.45, 7) is 1.95. The van der Waals surface area contributed by atoms with Crippen molar-refractivity contribution in [3.05, 3.63) is 22.6 Å². The monoisotopic (exact) mass is 343 g/mol. The summed E-state index contributed by atoms with van der Waals surface area (Å²) in [6.07, 6.45) is 3.07. The summed E-state index contributed by atoms with van der Waals surface area (Å²) >= 11 is 3.28. The van der Waals surface area contributed by atoms with Crippen LogP contribution in [0.5, 0.6) is 0 Å². The molecule has 0 saturated carbocycles. The second-order valence-corrected chi connectivity index (χ2v) is 5.62. The lowest BCUT2D eigenvalue weighted by molar-refractivity contribution is -0.126. The number of nitrogens with zero attached hydrogens (tertiary/aromatic N) is 1. The molecule has 1 aliphatic rings. The lowest BCUT2D eigenvalue weighted by Crippen LogP contribution is -2.46. The summed E-state index contributed by atoms with van der Waals surface area (Å²) in [7, 11) is 0. The number of nitrogens with one attached hydrogen (secondary N) is 1. The average molecular weight is 344 g/mol. The summed E-state index contributed by atoms with van der Waals surface area (Å²) in [4.78, 5) is 25.9. The minimum absolute atomic E-state index is 0.0357. The van der Waals surface area contributed by atoms with Crippen LogP contribution in [0.25, 0.3) is 0 Å². The Kier molecular flexibility index (Phi) is 5.19. The van der Waals surface area contributed by atoms with E-state index in [0.717, 1.165) is 12.8 Å². The Bertz CT molecular complexity index is 489. The minimum Gasteiger partial charge on any atom is -0.458 e. The Morgan fingerprint density at radius 3 is 3.00 bits per heavy atom. The maximum absolute atomic E-state index is 12.3. The molecule has 3 N–H and O–H groups in total. The third-order valence-corrected chi connectivity index (χ3v) is 3.96. The van der Waals surface area contributed by atoms with Crippen molar-refractivity contribution in [2.75, 3.05) is 26.2 Å². The highest BCUT2D eigenvalue weighted by Crippen LogP contribution is 2.23. The van der Waals surface area contributed by atoms with Gasteiger partial charge in [-0.05, 0) is 34.8 Å². The first-order valence-corrected chi connectivity index (χ1v) is 7.43. The molecular weight excluding hydrogens is 326 g/mol. The first-order valence-electron chi connectivity index (χ1n) is 6.63. The van der Waals surface area contributed by atoms with Crippen molar-refractivity contribution >= 4 is 27.7 Å². The van der Waals surface area contributed by atoms with Gasteiger partial charge in [0.05, 0.1) is 16.7 Å². The molecule has 2 rings (SSSR count). The molecule has 0 radical (unpaired) electrons. The topological polar surface area (TPSA) is 88.6 Å². The Balaban J connectivity index is 1.98. The van der Waals surface area contributed by atoms with Gasteiger partial charge in [0.15, 0.2) is 0 Å². The number of furan rings is 1. The first kappa shape index (κ1) is 15.1. The Morgan fingerprint density at radius 2 is 2.35 bits per heavy atom. The Labute approximate surface area is 125 Å². The number of carbonyl (C=O) groups is 2. The number of carbonyl (C=O) groups excluding carboxylic acids is 2. The van der Waals surface area contributed by atoms with E-state index >= 15 is 0 Å². The summed E-state index contributed by atoms with van der Waals surface area (Å²) < 4.78 is 5.82. The van der Waals surface area contributed by atoms with Gasteiger partial charge >= 0.3 is 0 Å². The van der Waals surface area contributed by atoms with Crippen molar-refractivity contribution in [1.82, 2.24) is 10.2 Å². The van der Waals surface area contributed by atoms with E-state index < -0.39 is 0 Å². The van der Waals surface area contributed by atoms with Crippen LogP contribution in [0.4, 0.5) is 0 Å². The quantitative estimate of drug-likeness (QED) is 0.852. The normalized spacial score (nSPS) is 18.9. The number of hydrogen-bond acceptors (Lipinski definition) is 4. The fraction of sp³-hybridized carbons (Fsp3) is 0.538. The molecule has 1 atom stereocenters. The third kappa shape index (κ3) is 3.40. The fourth-order valence-electron chi connectivity index (χ4n) is 2.31. The van der Waals surface area contributed by atoms with E-state index in [1.54, 1.807) is 11.0 Å². The zero-order valence-electron chi connectivity index (χ0n) is 11.1. The summed E-state index contributed by atoms with van der Waals surface area (Å²) in [6, 6.07) is 1.68. The maximum atomic E-state index is 12.3. The van der Waals surface area contributed by atoms with Crippen LogP contribution in [-0.4, -0.2) is 42.9 Å². The van der Waals surface area contributed by atoms with Crippen LogP contribution in [0.2, 0.25) is 0 Å². The van der Waals surface area contributed by atoms with Gasteiger partial charge in [0.25, 0.3) is 5.91 Å². The van der Waals surface area contributed by atoms with Gasteiger partial charge < -0.3 is 20.4 Å². The lowest BCUT2D eigenvalue weighted by Gasteiger charge is -2.31. The highest BCUT2D eigenvalue weighted by atomic mass is 79.9. The second kappa shape index (κ2) is 6.90. The number of hydrogen-bond donors (Lipinski definition) is 2. The SMILES string of the molecule is NCCNC(=O)C1CCCN(C(=O)c2occc2Br)C1. The zero-order chi connectivity index (χ0) is 14.5. The van der Waals surface area contributed by atoms with Gasteiger partial charge in [-0.25, -0.2) is 0 Å². The highest BCUT2D eigenvalue weighted by molar-refractivity contribution is 9.10. The fourth-order valence-corrected chi connectivity index (χ4v) is 2.68. The molecule has 110 valence electrons. The van der Waals surface area contributed by atoms with Crippen LogP contribution in [-0.2, 0) is 4.79 Å². The molecule has 1 aromatic heterocycles. The average Bonchev–Trinajstić information content (AvgIpc) is 2.90. The molecule has 2 heterocycles. The van der Waals surface area contributed by atoms with Crippen LogP contribution in [0.1, 0.15) is 23.4 Å². The molecule has 0 bridgehead atoms. The Morgan fingerprint density at radius 1 is 1.55 bits per heavy atom. The molecule has 2 amide bonds. The molecule has 6 nitrogen and oxygen atoms in total. The number of piperidine rings is 1. The van der Waals surface area contributed by atoms with Gasteiger partial charge in [-0.15, -0.1) is 0 Å². The third-order valence-electron chi connectivity index (χ3n) is 3.33. The van der Waals surface area contributed by atoms with Crippen LogP contribution >= 0.6 is 15.9 Å². The molecule has 7 heteroatoms. The maximum Gasteiger partial charge on any atom is 0.290 e. The van der Waals surface area contributed by atoms with Gasteiger partial charge in [-0.2, -0.15) is 0 Å². The standard InChI is InChI=1S/C13H18BrN3O3/c14-10-3-7-20-11(10)13(19)17-6-1-2-9(8-17)12(18)16-5-4-15/h3,7,9H,1-2,4-6,8,15H2,(H,16,18). The number of nitrogens with two attached hydrogens (primary N) is 1. The molecule has 0 spiro atoms. The molecular formula is C13H18BrN3O3. The van der Waals surface area contributed by atoms with Gasteiger partial charge in [0, 0.05) is 26.2 Å². The number of amides is 2. The molecule has 1 unspecified atom stereocenters. The van der Waals surface area contributed by atoms with Crippen molar-refractivity contribution in [3.8, 4) is 0 Å². The summed E-state index contributed by atoms with van der Waals surface area (Å²) in [5.74, 6) is -0.106. The van der Waals surface area contributed by atoms with E-state index in [2.05, 4.69) is 21.2 Å². The molecule has 1 fully saturated rings. The van der Waals surface area contributed by atoms with Crippen molar-refractivity contribution < 1.29 is 14.0 Å². The van der Waals surface area contributed by atoms with Gasteiger partial charge in [-0.1, -0.05) is 0 Å². The van der Waals surface area contributed by atoms with E-state index in [0.29, 0.717) is 30.7 Å². The smallest absolute Gasteiger partial charge is 0.290 e. The predicted octanol–water partition coefficient (Wildman–Crippen LogP) is 0.969. The zero-order valence-corrected chi connectivity index (χ0v) is 12.7. The molecule has 1 aliphatic heterocycles. The second-order valence-electron chi connectivity index (χ2n) is 4.77. The van der Waals surface area contributed by atoms with E-state index in [9.17, 15) is 9.59 Å². The van der Waals surface area contributed by atoms with Crippen molar-refractivity contribution in [3.63, 3.8) is 0 Å². The van der Waals surface area contributed by atoms with E-state index in [1.165, 1.54) is 6.26 Å². The first-order chi connectivity index (χ1) is 9.63. The number of rotatable bonds is 4. The number of halogens is 1. The van der Waals surface area contributed by atoms with E-state index in [4.69, 9.17) is 10.2 Å². The molecule has 1 saturated heterocycles. The van der Waals surface area contributed by atoms with E-state index in [-0.39, 0.29) is 23.5 Å². The molecule has 20 heavy (non-hydrogen) atoms. The van der Waals surface area contributed by atoms with Gasteiger partial charge in [0.2, 0.25) is 11.7 Å². The molecule has 1 aromatic rings. The molecule has 0 aliphatic carbocycles. The van der Waals surface area contributed by atoms with Gasteiger partial charge in [-0.3, -0.25) is 9.59 Å². The van der Waals surface area contributed by atoms with Crippen LogP contribution in [0, 0.1) is 5.92 Å². The van der Waals surface area contributed by atoms with Crippen LogP contribution < -0.4 is 11.1 Å². The van der Waals surface area contributed by atoms with Crippen LogP contribution in [0.15, 0.2) is 21.2 Å². The highest BCUT2D eigenvalue weighted by Gasteiger charge is 2.30. The summed E-state index contributed by atoms with van der Waals surface area (Å²) in [5.41, 5.74) is 5.37. The predicted molar refractivity (Wildman–Crippen MR) is 77.1 cm³/mol. The van der Waals surface area contributed by atoms with Crippen LogP contribution in [0.3, 0.4) is 0 Å². The lowest BCUT2D eigenvalue weighted by atomic mass is 9.97. The van der Waals surface area contributed by atoms with Crippen molar-refractivity contribution in [2.45, 2.75) is 12.8 Å². The summed E-state index contributed by atoms with van der Waals surface area (Å²) in [5, 5.41) is 2.77. The Hall–Kier alpha value is -1.34. The largest absolute Gasteiger partial charge is 0.458 e. The number of likely N-dealkylation sites (tertiary alicyclic amines) is 1. The molecule has 0 aromatic carbocycles.